The number of benzene rings is 1. The average molecular weight is 382 g/mol. The van der Waals surface area contributed by atoms with Crippen LogP contribution in [0.25, 0.3) is 0 Å². The van der Waals surface area contributed by atoms with Crippen molar-refractivity contribution in [1.82, 2.24) is 9.97 Å². The van der Waals surface area contributed by atoms with Gasteiger partial charge in [-0.15, -0.1) is 0 Å². The Bertz CT molecular complexity index is 834. The smallest absolute Gasteiger partial charge is 0.267 e. The first kappa shape index (κ1) is 19.6. The predicted molar refractivity (Wildman–Crippen MR) is 108 cm³/mol. The summed E-state index contributed by atoms with van der Waals surface area (Å²) >= 11 is 0. The first-order chi connectivity index (χ1) is 13.4. The van der Waals surface area contributed by atoms with E-state index >= 15 is 0 Å². The molecule has 0 spiro atoms. The highest BCUT2D eigenvalue weighted by molar-refractivity contribution is 5.92. The number of nitrogens with zero attached hydrogens (tertiary/aromatic N) is 3. The van der Waals surface area contributed by atoms with Gasteiger partial charge in [-0.3, -0.25) is 9.59 Å². The molecular weight excluding hydrogens is 356 g/mol. The fourth-order valence-electron chi connectivity index (χ4n) is 3.35. The third kappa shape index (κ3) is 4.97. The van der Waals surface area contributed by atoms with Crippen LogP contribution in [0.5, 0.6) is 0 Å². The van der Waals surface area contributed by atoms with E-state index in [2.05, 4.69) is 39.6 Å². The third-order valence-corrected chi connectivity index (χ3v) is 5.02. The van der Waals surface area contributed by atoms with E-state index in [1.807, 2.05) is 11.0 Å². The summed E-state index contributed by atoms with van der Waals surface area (Å²) in [5.74, 6) is 0.246. The summed E-state index contributed by atoms with van der Waals surface area (Å²) in [6, 6.07) is 11.3. The first-order valence-corrected chi connectivity index (χ1v) is 9.46. The maximum atomic E-state index is 11.7. The number of amides is 2. The van der Waals surface area contributed by atoms with Gasteiger partial charge in [0.05, 0.1) is 0 Å². The standard InChI is InChI=1S/C20H26N6O2/c1-13(18(21)27)23-17-12-16(19(22)28)24-20(25-17)26-9-7-15(8-10-26)11-14-5-3-2-4-6-14/h2-6,12-13,15H,7-11H2,1H3,(H2,21,27)(H2,22,28)(H,23,24,25). The lowest BCUT2D eigenvalue weighted by Crippen LogP contribution is -2.37. The van der Waals surface area contributed by atoms with Crippen molar-refractivity contribution in [2.45, 2.75) is 32.2 Å². The topological polar surface area (TPSA) is 127 Å². The number of aromatic nitrogens is 2. The molecular formula is C20H26N6O2. The maximum Gasteiger partial charge on any atom is 0.267 e. The van der Waals surface area contributed by atoms with Crippen LogP contribution in [0.15, 0.2) is 36.4 Å². The molecule has 1 aliphatic rings. The minimum absolute atomic E-state index is 0.107. The molecule has 2 amide bonds. The largest absolute Gasteiger partial charge is 0.368 e. The molecule has 8 nitrogen and oxygen atoms in total. The van der Waals surface area contributed by atoms with Gasteiger partial charge >= 0.3 is 0 Å². The number of carbonyl (C=O) groups is 2. The molecule has 1 atom stereocenters. The molecule has 2 aromatic rings. The summed E-state index contributed by atoms with van der Waals surface area (Å²) in [4.78, 5) is 33.8. The van der Waals surface area contributed by atoms with Gasteiger partial charge in [-0.2, -0.15) is 4.98 Å². The zero-order valence-corrected chi connectivity index (χ0v) is 16.0. The minimum Gasteiger partial charge on any atom is -0.368 e. The number of piperidine rings is 1. The van der Waals surface area contributed by atoms with Crippen molar-refractivity contribution in [3.8, 4) is 0 Å². The predicted octanol–water partition coefficient (Wildman–Crippen LogP) is 1.32. The first-order valence-electron chi connectivity index (χ1n) is 9.46. The molecule has 1 aliphatic heterocycles. The van der Waals surface area contributed by atoms with Crippen molar-refractivity contribution in [2.75, 3.05) is 23.3 Å². The van der Waals surface area contributed by atoms with Crippen molar-refractivity contribution < 1.29 is 9.59 Å². The van der Waals surface area contributed by atoms with Crippen LogP contribution in [-0.4, -0.2) is 40.9 Å². The van der Waals surface area contributed by atoms with Gasteiger partial charge in [0, 0.05) is 19.2 Å². The highest BCUT2D eigenvalue weighted by Gasteiger charge is 2.23. The minimum atomic E-state index is -0.641. The summed E-state index contributed by atoms with van der Waals surface area (Å²) in [5, 5.41) is 2.90. The fourth-order valence-corrected chi connectivity index (χ4v) is 3.35. The summed E-state index contributed by atoms with van der Waals surface area (Å²) in [6.07, 6.45) is 3.08. The van der Waals surface area contributed by atoms with Crippen LogP contribution in [0.4, 0.5) is 11.8 Å². The lowest BCUT2D eigenvalue weighted by Gasteiger charge is -2.32. The van der Waals surface area contributed by atoms with Crippen LogP contribution in [0.2, 0.25) is 0 Å². The van der Waals surface area contributed by atoms with Crippen LogP contribution in [0.1, 0.15) is 35.8 Å². The molecule has 0 saturated carbocycles. The zero-order chi connectivity index (χ0) is 20.1. The molecule has 1 aromatic heterocycles. The summed E-state index contributed by atoms with van der Waals surface area (Å²) in [5.41, 5.74) is 12.2. The molecule has 1 aromatic carbocycles. The Kier molecular flexibility index (Phi) is 6.08. The van der Waals surface area contributed by atoms with Crippen LogP contribution >= 0.6 is 0 Å². The molecule has 5 N–H and O–H groups in total. The molecule has 0 bridgehead atoms. The van der Waals surface area contributed by atoms with Crippen molar-refractivity contribution >= 4 is 23.6 Å². The number of nitrogens with two attached hydrogens (primary N) is 2. The number of rotatable bonds is 7. The van der Waals surface area contributed by atoms with Gasteiger partial charge < -0.3 is 21.7 Å². The SMILES string of the molecule is CC(Nc1cc(C(N)=O)nc(N2CCC(Cc3ccccc3)CC2)n1)C(N)=O. The number of hydrogen-bond donors (Lipinski definition) is 3. The number of hydrogen-bond acceptors (Lipinski definition) is 6. The molecule has 2 heterocycles. The summed E-state index contributed by atoms with van der Waals surface area (Å²) < 4.78 is 0. The second-order valence-electron chi connectivity index (χ2n) is 7.19. The molecule has 148 valence electrons. The Labute approximate surface area is 164 Å². The highest BCUT2D eigenvalue weighted by Crippen LogP contribution is 2.25. The highest BCUT2D eigenvalue weighted by atomic mass is 16.1. The number of nitrogens with one attached hydrogen (secondary N) is 1. The third-order valence-electron chi connectivity index (χ3n) is 5.02. The van der Waals surface area contributed by atoms with E-state index in [4.69, 9.17) is 11.5 Å². The van der Waals surface area contributed by atoms with E-state index in [1.54, 1.807) is 6.92 Å². The second kappa shape index (κ2) is 8.69. The molecule has 0 aliphatic carbocycles. The molecule has 1 fully saturated rings. The van der Waals surface area contributed by atoms with Crippen molar-refractivity contribution in [3.63, 3.8) is 0 Å². The summed E-state index contributed by atoms with van der Waals surface area (Å²) in [7, 11) is 0. The molecule has 1 unspecified atom stereocenters. The van der Waals surface area contributed by atoms with E-state index in [0.717, 1.165) is 32.4 Å². The van der Waals surface area contributed by atoms with E-state index in [9.17, 15) is 9.59 Å². The van der Waals surface area contributed by atoms with E-state index in [-0.39, 0.29) is 5.69 Å². The molecule has 28 heavy (non-hydrogen) atoms. The van der Waals surface area contributed by atoms with Crippen molar-refractivity contribution in [3.05, 3.63) is 47.7 Å². The van der Waals surface area contributed by atoms with Gasteiger partial charge in [0.25, 0.3) is 5.91 Å². The Hall–Kier alpha value is -3.16. The van der Waals surface area contributed by atoms with Crippen LogP contribution < -0.4 is 21.7 Å². The molecule has 8 heteroatoms. The van der Waals surface area contributed by atoms with E-state index in [1.165, 1.54) is 11.6 Å². The van der Waals surface area contributed by atoms with Crippen molar-refractivity contribution in [2.24, 2.45) is 17.4 Å². The van der Waals surface area contributed by atoms with Crippen molar-refractivity contribution in [1.29, 1.82) is 0 Å². The number of carbonyl (C=O) groups excluding carboxylic acids is 2. The van der Waals surface area contributed by atoms with Crippen LogP contribution in [0.3, 0.4) is 0 Å². The quantitative estimate of drug-likeness (QED) is 0.663. The van der Waals surface area contributed by atoms with Gasteiger partial charge in [0.2, 0.25) is 11.9 Å². The van der Waals surface area contributed by atoms with Gasteiger partial charge in [-0.25, -0.2) is 4.98 Å². The van der Waals surface area contributed by atoms with Gasteiger partial charge in [-0.1, -0.05) is 30.3 Å². The van der Waals surface area contributed by atoms with Gasteiger partial charge in [0.15, 0.2) is 0 Å². The Balaban J connectivity index is 1.70. The number of anilines is 2. The Morgan fingerprint density at radius 2 is 1.86 bits per heavy atom. The zero-order valence-electron chi connectivity index (χ0n) is 16.0. The average Bonchev–Trinajstić information content (AvgIpc) is 2.69. The second-order valence-corrected chi connectivity index (χ2v) is 7.19. The maximum absolute atomic E-state index is 11.7. The Morgan fingerprint density at radius 3 is 2.46 bits per heavy atom. The molecule has 1 saturated heterocycles. The monoisotopic (exact) mass is 382 g/mol. The van der Waals surface area contributed by atoms with Gasteiger partial charge in [0.1, 0.15) is 17.6 Å². The summed E-state index contributed by atoms with van der Waals surface area (Å²) in [6.45, 7) is 3.22. The van der Waals surface area contributed by atoms with Gasteiger partial charge in [-0.05, 0) is 37.7 Å². The normalized spacial score (nSPS) is 15.8. The molecule has 0 radical (unpaired) electrons. The fraction of sp³-hybridized carbons (Fsp3) is 0.400. The van der Waals surface area contributed by atoms with E-state index < -0.39 is 17.9 Å². The van der Waals surface area contributed by atoms with Crippen LogP contribution in [0, 0.1) is 5.92 Å². The number of primary amides is 2. The lowest BCUT2D eigenvalue weighted by atomic mass is 9.90. The van der Waals surface area contributed by atoms with E-state index in [0.29, 0.717) is 17.7 Å². The molecule has 3 rings (SSSR count). The lowest BCUT2D eigenvalue weighted by molar-refractivity contribution is -0.118. The van der Waals surface area contributed by atoms with Crippen LogP contribution in [-0.2, 0) is 11.2 Å². The Morgan fingerprint density at radius 1 is 1.18 bits per heavy atom.